The summed E-state index contributed by atoms with van der Waals surface area (Å²) in [5.74, 6) is -8.17. The van der Waals surface area contributed by atoms with Gasteiger partial charge >= 0.3 is 24.0 Å². The smallest absolute Gasteiger partial charge is 0.408 e. The van der Waals surface area contributed by atoms with Crippen LogP contribution < -0.4 is 10.6 Å². The molecule has 0 saturated heterocycles. The van der Waals surface area contributed by atoms with Crippen molar-refractivity contribution in [1.82, 2.24) is 10.6 Å². The molecule has 0 saturated carbocycles. The van der Waals surface area contributed by atoms with Crippen LogP contribution >= 0.6 is 0 Å². The number of benzene rings is 4. The molecule has 0 fully saturated rings. The lowest BCUT2D eigenvalue weighted by Crippen LogP contribution is -2.52. The summed E-state index contributed by atoms with van der Waals surface area (Å²) in [5, 5.41) is 34.1. The minimum atomic E-state index is -1.53. The van der Waals surface area contributed by atoms with Gasteiger partial charge in [-0.2, -0.15) is 0 Å². The average molecular weight is 767 g/mol. The molecule has 0 aromatic heterocycles. The highest BCUT2D eigenvalue weighted by Crippen LogP contribution is 2.33. The number of alkyl carbamates (subject to hydrolysis) is 1. The first-order valence-corrected chi connectivity index (χ1v) is 18.2. The summed E-state index contributed by atoms with van der Waals surface area (Å²) in [4.78, 5) is 73.7. The second-order valence-electron chi connectivity index (χ2n) is 14.0. The number of carbonyl (C=O) groups excluding carboxylic acids is 3. The maximum Gasteiger partial charge on any atom is 0.408 e. The molecule has 2 amide bonds. The molecule has 0 radical (unpaired) electrons. The van der Waals surface area contributed by atoms with E-state index in [4.69, 9.17) is 4.74 Å². The molecule has 5 N–H and O–H groups in total. The molecular weight excluding hydrogens is 716 g/mol. The van der Waals surface area contributed by atoms with Crippen molar-refractivity contribution >= 4 is 35.7 Å². The molecule has 4 aromatic carbocycles. The highest BCUT2D eigenvalue weighted by molar-refractivity contribution is 6.15. The molecule has 4 atom stereocenters. The van der Waals surface area contributed by atoms with Crippen LogP contribution in [0.3, 0.4) is 0 Å². The summed E-state index contributed by atoms with van der Waals surface area (Å²) in [7, 11) is 0. The molecule has 12 heteroatoms. The molecule has 0 aliphatic rings. The number of Topliss-reactive ketones (excluding diaryl/α,β-unsaturated/α-hetero) is 1. The predicted molar refractivity (Wildman–Crippen MR) is 210 cm³/mol. The van der Waals surface area contributed by atoms with E-state index >= 15 is 0 Å². The molecule has 0 spiro atoms. The molecule has 0 bridgehead atoms. The molecule has 0 heterocycles. The van der Waals surface area contributed by atoms with E-state index < -0.39 is 59.6 Å². The standard InChI is InChI=1S/C23H28N2O5.C21H22O5/c1-16(2)13-19(25-23(29)30-15-18-11-7-4-8-12-18)21(26)24-20(22(27)28)14-17-9-5-3-6-10-17;1-11-7-5-8-12(2)15(11)17(20(23)24)19(22)18(21(25)26)16-13(3)9-6-10-14(16)4/h3-12,16,19-20H,13-15H2,1-2H3,(H,24,26)(H,25,29)(H,27,28);5-10,17-18H,1-4H3,(H,23,24)(H,25,26)/t19-,20-;/m0./s1. The van der Waals surface area contributed by atoms with Gasteiger partial charge in [-0.1, -0.05) is 111 Å². The number of carboxylic acid groups (broad SMARTS) is 3. The van der Waals surface area contributed by atoms with Crippen molar-refractivity contribution in [3.05, 3.63) is 142 Å². The zero-order chi connectivity index (χ0) is 41.5. The van der Waals surface area contributed by atoms with Crippen molar-refractivity contribution in [2.45, 2.75) is 84.9 Å². The van der Waals surface area contributed by atoms with Crippen LogP contribution in [-0.2, 0) is 41.7 Å². The number of amides is 2. The second kappa shape index (κ2) is 21.0. The molecule has 4 aromatic rings. The Morgan fingerprint density at radius 3 is 1.38 bits per heavy atom. The molecule has 12 nitrogen and oxygen atoms in total. The first-order valence-electron chi connectivity index (χ1n) is 18.2. The average Bonchev–Trinajstić information content (AvgIpc) is 3.13. The summed E-state index contributed by atoms with van der Waals surface area (Å²) >= 11 is 0. The largest absolute Gasteiger partial charge is 0.480 e. The Balaban J connectivity index is 0.000000303. The summed E-state index contributed by atoms with van der Waals surface area (Å²) in [5.41, 5.74) is 4.94. The van der Waals surface area contributed by atoms with E-state index in [2.05, 4.69) is 10.6 Å². The van der Waals surface area contributed by atoms with Crippen LogP contribution in [0.15, 0.2) is 97.1 Å². The van der Waals surface area contributed by atoms with Crippen LogP contribution in [0.25, 0.3) is 0 Å². The zero-order valence-electron chi connectivity index (χ0n) is 32.4. The van der Waals surface area contributed by atoms with Crippen LogP contribution in [0.5, 0.6) is 0 Å². The molecule has 296 valence electrons. The normalized spacial score (nSPS) is 12.8. The number of carbonyl (C=O) groups is 6. The third-order valence-corrected chi connectivity index (χ3v) is 9.15. The van der Waals surface area contributed by atoms with Crippen molar-refractivity contribution in [3.8, 4) is 0 Å². The molecular formula is C44H50N2O10. The van der Waals surface area contributed by atoms with Crippen LogP contribution in [0, 0.1) is 33.6 Å². The number of ketones is 1. The van der Waals surface area contributed by atoms with E-state index in [1.54, 1.807) is 76.2 Å². The molecule has 2 unspecified atom stereocenters. The van der Waals surface area contributed by atoms with Crippen molar-refractivity contribution < 1.29 is 48.8 Å². The molecule has 0 aliphatic heterocycles. The lowest BCUT2D eigenvalue weighted by Gasteiger charge is -2.23. The Hall–Kier alpha value is -6.30. The number of aryl methyl sites for hydroxylation is 4. The van der Waals surface area contributed by atoms with Crippen LogP contribution in [0.4, 0.5) is 4.79 Å². The molecule has 4 rings (SSSR count). The third-order valence-electron chi connectivity index (χ3n) is 9.15. The summed E-state index contributed by atoms with van der Waals surface area (Å²) < 4.78 is 5.19. The van der Waals surface area contributed by atoms with Gasteiger partial charge in [-0.25, -0.2) is 9.59 Å². The topological polar surface area (TPSA) is 196 Å². The van der Waals surface area contributed by atoms with Gasteiger partial charge in [0.1, 0.15) is 30.5 Å². The Morgan fingerprint density at radius 1 is 0.554 bits per heavy atom. The summed E-state index contributed by atoms with van der Waals surface area (Å²) in [6, 6.07) is 26.7. The molecule has 0 aliphatic carbocycles. The second-order valence-corrected chi connectivity index (χ2v) is 14.0. The maximum atomic E-state index is 13.2. The highest BCUT2D eigenvalue weighted by Gasteiger charge is 2.41. The van der Waals surface area contributed by atoms with E-state index in [9.17, 15) is 44.1 Å². The monoisotopic (exact) mass is 766 g/mol. The van der Waals surface area contributed by atoms with Gasteiger partial charge < -0.3 is 30.7 Å². The molecule has 56 heavy (non-hydrogen) atoms. The lowest BCUT2D eigenvalue weighted by atomic mass is 9.78. The van der Waals surface area contributed by atoms with Crippen LogP contribution in [-0.4, -0.2) is 63.1 Å². The van der Waals surface area contributed by atoms with E-state index in [1.165, 1.54) is 0 Å². The van der Waals surface area contributed by atoms with Crippen LogP contribution in [0.1, 0.15) is 76.6 Å². The number of rotatable bonds is 16. The number of hydrogen-bond acceptors (Lipinski definition) is 7. The zero-order valence-corrected chi connectivity index (χ0v) is 32.4. The fraction of sp³-hybridized carbons (Fsp3) is 0.318. The SMILES string of the molecule is CC(C)C[C@H](NC(=O)OCc1ccccc1)C(=O)N[C@@H](Cc1ccccc1)C(=O)O.Cc1cccc(C)c1C(C(=O)O)C(=O)C(C(=O)O)c1c(C)cccc1C. The first-order chi connectivity index (χ1) is 26.5. The Bertz CT molecular complexity index is 1880. The number of aliphatic carboxylic acids is 3. The van der Waals surface area contributed by atoms with E-state index in [0.29, 0.717) is 39.8 Å². The summed E-state index contributed by atoms with van der Waals surface area (Å²) in [6.45, 7) is 10.8. The van der Waals surface area contributed by atoms with Crippen molar-refractivity contribution in [2.75, 3.05) is 0 Å². The lowest BCUT2D eigenvalue weighted by molar-refractivity contribution is -0.147. The van der Waals surface area contributed by atoms with Gasteiger partial charge in [-0.15, -0.1) is 0 Å². The Kier molecular flexibility index (Phi) is 16.5. The highest BCUT2D eigenvalue weighted by atomic mass is 16.5. The van der Waals surface area contributed by atoms with Gasteiger partial charge in [-0.3, -0.25) is 19.2 Å². The van der Waals surface area contributed by atoms with E-state index in [-0.39, 0.29) is 18.9 Å². The minimum Gasteiger partial charge on any atom is -0.480 e. The predicted octanol–water partition coefficient (Wildman–Crippen LogP) is 6.67. The van der Waals surface area contributed by atoms with Gasteiger partial charge in [0, 0.05) is 6.42 Å². The minimum absolute atomic E-state index is 0.0778. The third kappa shape index (κ3) is 12.6. The fourth-order valence-electron chi connectivity index (χ4n) is 6.44. The van der Waals surface area contributed by atoms with Gasteiger partial charge in [0.05, 0.1) is 0 Å². The van der Waals surface area contributed by atoms with Gasteiger partial charge in [0.2, 0.25) is 5.91 Å². The van der Waals surface area contributed by atoms with E-state index in [0.717, 1.165) is 11.1 Å². The quantitative estimate of drug-likeness (QED) is 0.0769. The Labute approximate surface area is 326 Å². The van der Waals surface area contributed by atoms with Gasteiger partial charge in [-0.05, 0) is 84.5 Å². The van der Waals surface area contributed by atoms with Crippen LogP contribution in [0.2, 0.25) is 0 Å². The van der Waals surface area contributed by atoms with Crippen molar-refractivity contribution in [3.63, 3.8) is 0 Å². The number of nitrogens with one attached hydrogen (secondary N) is 2. The fourth-order valence-corrected chi connectivity index (χ4v) is 6.44. The van der Waals surface area contributed by atoms with E-state index in [1.807, 2.05) is 62.4 Å². The van der Waals surface area contributed by atoms with Crippen molar-refractivity contribution in [1.29, 1.82) is 0 Å². The Morgan fingerprint density at radius 2 is 0.982 bits per heavy atom. The maximum absolute atomic E-state index is 13.2. The number of hydrogen-bond donors (Lipinski definition) is 5. The summed E-state index contributed by atoms with van der Waals surface area (Å²) in [6.07, 6.45) is -0.229. The van der Waals surface area contributed by atoms with Gasteiger partial charge in [0.15, 0.2) is 5.78 Å². The number of ether oxygens (including phenoxy) is 1. The number of carboxylic acids is 3. The van der Waals surface area contributed by atoms with Crippen molar-refractivity contribution in [2.24, 2.45) is 5.92 Å². The first kappa shape index (κ1) is 44.1. The van der Waals surface area contributed by atoms with Gasteiger partial charge in [0.25, 0.3) is 0 Å².